The van der Waals surface area contributed by atoms with Gasteiger partial charge in [-0.15, -0.1) is 0 Å². The van der Waals surface area contributed by atoms with E-state index in [0.717, 1.165) is 25.0 Å². The van der Waals surface area contributed by atoms with Crippen molar-refractivity contribution in [3.8, 4) is 0 Å². The smallest absolute Gasteiger partial charge is 0.120 e. The number of carbonyl (C=O) groups excluding carboxylic acids is 1. The molecule has 0 aromatic carbocycles. The number of hydrogen-bond acceptors (Lipinski definition) is 2. The zero-order valence-corrected chi connectivity index (χ0v) is 8.24. The molecule has 2 atom stereocenters. The van der Waals surface area contributed by atoms with E-state index < -0.39 is 0 Å². The molecule has 68 valence electrons. The van der Waals surface area contributed by atoms with Gasteiger partial charge in [-0.05, 0) is 48.5 Å². The van der Waals surface area contributed by atoms with E-state index in [1.54, 1.807) is 0 Å². The highest BCUT2D eigenvalue weighted by atomic mass is 32.2. The van der Waals surface area contributed by atoms with E-state index in [0.29, 0.717) is 5.41 Å². The van der Waals surface area contributed by atoms with E-state index in [9.17, 15) is 4.79 Å². The van der Waals surface area contributed by atoms with E-state index >= 15 is 0 Å². The van der Waals surface area contributed by atoms with Crippen molar-refractivity contribution >= 4 is 18.0 Å². The molecule has 0 amide bonds. The van der Waals surface area contributed by atoms with Crippen LogP contribution in [0.5, 0.6) is 0 Å². The fourth-order valence-corrected chi connectivity index (χ4v) is 3.86. The zero-order valence-electron chi connectivity index (χ0n) is 7.42. The molecule has 2 aliphatic rings. The first-order chi connectivity index (χ1) is 5.87. The number of aldehydes is 1. The third-order valence-electron chi connectivity index (χ3n) is 3.34. The Bertz CT molecular complexity index is 173. The highest BCUT2D eigenvalue weighted by Crippen LogP contribution is 2.61. The Morgan fingerprint density at radius 2 is 2.50 bits per heavy atom. The fraction of sp³-hybridized carbons (Fsp3) is 0.900. The quantitative estimate of drug-likeness (QED) is 0.627. The first-order valence-corrected chi connectivity index (χ1v) is 6.04. The fourth-order valence-electron chi connectivity index (χ4n) is 2.47. The second-order valence-electron chi connectivity index (χ2n) is 4.16. The molecule has 1 nitrogen and oxygen atoms in total. The number of rotatable bonds is 3. The van der Waals surface area contributed by atoms with E-state index in [2.05, 4.69) is 11.8 Å². The molecule has 0 bridgehead atoms. The molecular formula is C10H16OS. The maximum Gasteiger partial charge on any atom is 0.120 e. The zero-order chi connectivity index (χ0) is 8.44. The molecular weight excluding hydrogens is 168 g/mol. The summed E-state index contributed by atoms with van der Waals surface area (Å²) in [6, 6.07) is 0. The summed E-state index contributed by atoms with van der Waals surface area (Å²) in [6.45, 7) is 0. The van der Waals surface area contributed by atoms with Crippen molar-refractivity contribution in [2.45, 2.75) is 32.1 Å². The lowest BCUT2D eigenvalue weighted by molar-refractivity contribution is -0.108. The normalized spacial score (nSPS) is 39.8. The molecule has 2 unspecified atom stereocenters. The lowest BCUT2D eigenvalue weighted by Crippen LogP contribution is -2.13. The van der Waals surface area contributed by atoms with E-state index in [1.807, 2.05) is 0 Å². The highest BCUT2D eigenvalue weighted by Gasteiger charge is 2.53. The summed E-state index contributed by atoms with van der Waals surface area (Å²) in [5, 5.41) is 0. The summed E-state index contributed by atoms with van der Waals surface area (Å²) >= 11 is 2.11. The lowest BCUT2D eigenvalue weighted by Gasteiger charge is -2.21. The molecule has 1 aliphatic carbocycles. The summed E-state index contributed by atoms with van der Waals surface area (Å²) < 4.78 is 0. The average molecular weight is 184 g/mol. The van der Waals surface area contributed by atoms with Gasteiger partial charge in [0.2, 0.25) is 0 Å². The van der Waals surface area contributed by atoms with Crippen LogP contribution in [0.25, 0.3) is 0 Å². The minimum atomic E-state index is 0.700. The predicted molar refractivity (Wildman–Crippen MR) is 52.4 cm³/mol. The molecule has 2 fully saturated rings. The topological polar surface area (TPSA) is 17.1 Å². The Labute approximate surface area is 78.3 Å². The van der Waals surface area contributed by atoms with Crippen LogP contribution in [0.3, 0.4) is 0 Å². The van der Waals surface area contributed by atoms with Gasteiger partial charge in [0.1, 0.15) is 6.29 Å². The lowest BCUT2D eigenvalue weighted by atomic mass is 9.97. The highest BCUT2D eigenvalue weighted by molar-refractivity contribution is 7.99. The van der Waals surface area contributed by atoms with Crippen LogP contribution in [-0.4, -0.2) is 17.8 Å². The molecule has 1 saturated heterocycles. The Morgan fingerprint density at radius 3 is 3.17 bits per heavy atom. The van der Waals surface area contributed by atoms with Crippen molar-refractivity contribution in [1.82, 2.24) is 0 Å². The van der Waals surface area contributed by atoms with Gasteiger partial charge < -0.3 is 4.79 Å². The molecule has 0 aromatic rings. The molecule has 1 saturated carbocycles. The Hall–Kier alpha value is 0.0200. The van der Waals surface area contributed by atoms with Crippen LogP contribution in [-0.2, 0) is 4.79 Å². The van der Waals surface area contributed by atoms with Crippen LogP contribution in [0.2, 0.25) is 0 Å². The Morgan fingerprint density at radius 1 is 1.58 bits per heavy atom. The van der Waals surface area contributed by atoms with Crippen molar-refractivity contribution in [2.75, 3.05) is 11.5 Å². The minimum Gasteiger partial charge on any atom is -0.303 e. The summed E-state index contributed by atoms with van der Waals surface area (Å²) in [4.78, 5) is 10.2. The maximum absolute atomic E-state index is 10.2. The SMILES string of the molecule is O=CCCC1CC12CCCSC2. The summed E-state index contributed by atoms with van der Waals surface area (Å²) in [7, 11) is 0. The first kappa shape index (κ1) is 8.61. The van der Waals surface area contributed by atoms with E-state index in [4.69, 9.17) is 0 Å². The van der Waals surface area contributed by atoms with Gasteiger partial charge in [0.25, 0.3) is 0 Å². The summed E-state index contributed by atoms with van der Waals surface area (Å²) in [5.41, 5.74) is 0.700. The van der Waals surface area contributed by atoms with Gasteiger partial charge in [0.15, 0.2) is 0 Å². The Balaban J connectivity index is 1.79. The molecule has 2 heteroatoms. The second kappa shape index (κ2) is 3.41. The van der Waals surface area contributed by atoms with Crippen LogP contribution in [0.15, 0.2) is 0 Å². The maximum atomic E-state index is 10.2. The van der Waals surface area contributed by atoms with Crippen molar-refractivity contribution in [2.24, 2.45) is 11.3 Å². The van der Waals surface area contributed by atoms with Crippen LogP contribution in [0, 0.1) is 11.3 Å². The minimum absolute atomic E-state index is 0.700. The molecule has 2 rings (SSSR count). The summed E-state index contributed by atoms with van der Waals surface area (Å²) in [5.74, 6) is 3.63. The molecule has 0 N–H and O–H groups in total. The molecule has 0 aromatic heterocycles. The van der Waals surface area contributed by atoms with Gasteiger partial charge in [-0.1, -0.05) is 0 Å². The number of carbonyl (C=O) groups is 1. The van der Waals surface area contributed by atoms with Crippen molar-refractivity contribution in [3.05, 3.63) is 0 Å². The average Bonchev–Trinajstić information content (AvgIpc) is 2.77. The standard InChI is InChI=1S/C10H16OS/c11-5-1-3-9-7-10(9)4-2-6-12-8-10/h5,9H,1-4,6-8H2. The van der Waals surface area contributed by atoms with Crippen LogP contribution >= 0.6 is 11.8 Å². The van der Waals surface area contributed by atoms with Gasteiger partial charge in [-0.2, -0.15) is 11.8 Å². The van der Waals surface area contributed by atoms with Crippen molar-refractivity contribution in [3.63, 3.8) is 0 Å². The van der Waals surface area contributed by atoms with E-state index in [1.165, 1.54) is 30.8 Å². The Kier molecular flexibility index (Phi) is 2.44. The largest absolute Gasteiger partial charge is 0.303 e. The van der Waals surface area contributed by atoms with Crippen LogP contribution in [0.4, 0.5) is 0 Å². The van der Waals surface area contributed by atoms with Gasteiger partial charge in [0.05, 0.1) is 0 Å². The van der Waals surface area contributed by atoms with Crippen molar-refractivity contribution in [1.29, 1.82) is 0 Å². The number of thioether (sulfide) groups is 1. The molecule has 1 heterocycles. The van der Waals surface area contributed by atoms with Crippen molar-refractivity contribution < 1.29 is 4.79 Å². The summed E-state index contributed by atoms with van der Waals surface area (Å²) in [6.07, 6.45) is 7.27. The van der Waals surface area contributed by atoms with Gasteiger partial charge in [-0.3, -0.25) is 0 Å². The second-order valence-corrected chi connectivity index (χ2v) is 5.27. The first-order valence-electron chi connectivity index (χ1n) is 4.89. The van der Waals surface area contributed by atoms with Crippen LogP contribution < -0.4 is 0 Å². The number of hydrogen-bond donors (Lipinski definition) is 0. The molecule has 1 spiro atoms. The molecule has 1 aliphatic heterocycles. The predicted octanol–water partition coefficient (Wildman–Crippen LogP) is 2.50. The monoisotopic (exact) mass is 184 g/mol. The van der Waals surface area contributed by atoms with Gasteiger partial charge in [-0.25, -0.2) is 0 Å². The third-order valence-corrected chi connectivity index (χ3v) is 4.70. The molecule has 12 heavy (non-hydrogen) atoms. The third kappa shape index (κ3) is 1.54. The van der Waals surface area contributed by atoms with E-state index in [-0.39, 0.29) is 0 Å². The van der Waals surface area contributed by atoms with Gasteiger partial charge >= 0.3 is 0 Å². The van der Waals surface area contributed by atoms with Gasteiger partial charge in [0, 0.05) is 6.42 Å². The molecule has 0 radical (unpaired) electrons. The van der Waals surface area contributed by atoms with Crippen LogP contribution in [0.1, 0.15) is 32.1 Å².